The Balaban J connectivity index is 1.83. The van der Waals surface area contributed by atoms with Crippen molar-refractivity contribution < 1.29 is 4.74 Å². The summed E-state index contributed by atoms with van der Waals surface area (Å²) in [5.41, 5.74) is 0. The Morgan fingerprint density at radius 1 is 1.43 bits per heavy atom. The molecule has 1 aromatic carbocycles. The van der Waals surface area contributed by atoms with Crippen LogP contribution in [0.25, 0.3) is 0 Å². The molecular weight excluding hydrogens is 328 g/mol. The topological polar surface area (TPSA) is 24.5 Å². The third-order valence-corrected chi connectivity index (χ3v) is 4.41. The van der Waals surface area contributed by atoms with Gasteiger partial charge in [0, 0.05) is 36.2 Å². The molecule has 0 radical (unpaired) electrons. The number of piperazine rings is 1. The molecule has 0 saturated carbocycles. The van der Waals surface area contributed by atoms with Gasteiger partial charge in [-0.1, -0.05) is 35.8 Å². The molecule has 1 fully saturated rings. The van der Waals surface area contributed by atoms with Crippen LogP contribution in [0.1, 0.15) is 27.2 Å². The predicted octanol–water partition coefficient (Wildman–Crippen LogP) is 3.54. The molecule has 1 aliphatic heterocycles. The van der Waals surface area contributed by atoms with E-state index in [0.717, 1.165) is 42.4 Å². The molecular formula is C17H27BrN2O. The number of nitrogens with zero attached hydrogens (tertiary/aromatic N) is 1. The zero-order chi connectivity index (χ0) is 15.2. The van der Waals surface area contributed by atoms with E-state index < -0.39 is 0 Å². The molecule has 0 bridgehead atoms. The van der Waals surface area contributed by atoms with Gasteiger partial charge in [-0.05, 0) is 37.5 Å². The van der Waals surface area contributed by atoms with Crippen LogP contribution in [0.3, 0.4) is 0 Å². The third kappa shape index (κ3) is 5.61. The number of ether oxygens (including phenoxy) is 1. The second-order valence-electron chi connectivity index (χ2n) is 6.39. The number of halogens is 1. The summed E-state index contributed by atoms with van der Waals surface area (Å²) in [6.45, 7) is 10.8. The molecule has 1 saturated heterocycles. The van der Waals surface area contributed by atoms with E-state index in [9.17, 15) is 0 Å². The maximum atomic E-state index is 5.89. The van der Waals surface area contributed by atoms with Gasteiger partial charge >= 0.3 is 0 Å². The monoisotopic (exact) mass is 354 g/mol. The lowest BCUT2D eigenvalue weighted by atomic mass is 9.99. The van der Waals surface area contributed by atoms with Crippen LogP contribution in [0.4, 0.5) is 0 Å². The van der Waals surface area contributed by atoms with Gasteiger partial charge in [0.2, 0.25) is 0 Å². The van der Waals surface area contributed by atoms with Crippen molar-refractivity contribution in [2.24, 2.45) is 5.92 Å². The van der Waals surface area contributed by atoms with Gasteiger partial charge in [0.1, 0.15) is 12.4 Å². The van der Waals surface area contributed by atoms with E-state index in [1.807, 2.05) is 24.3 Å². The summed E-state index contributed by atoms with van der Waals surface area (Å²) in [5.74, 6) is 1.67. The van der Waals surface area contributed by atoms with E-state index in [0.29, 0.717) is 12.1 Å². The van der Waals surface area contributed by atoms with Crippen LogP contribution in [0.5, 0.6) is 5.75 Å². The minimum atomic E-state index is 0.569. The van der Waals surface area contributed by atoms with Crippen molar-refractivity contribution in [2.75, 3.05) is 26.2 Å². The summed E-state index contributed by atoms with van der Waals surface area (Å²) in [4.78, 5) is 2.58. The van der Waals surface area contributed by atoms with Crippen molar-refractivity contribution >= 4 is 15.9 Å². The smallest absolute Gasteiger partial charge is 0.120 e. The standard InChI is InChI=1S/C17H27BrN2O/c1-13(2)9-16-11-19-14(3)12-20(16)7-8-21-17-6-4-5-15(18)10-17/h4-6,10,13-14,16,19H,7-9,11-12H2,1-3H3. The first-order chi connectivity index (χ1) is 10.0. The Hall–Kier alpha value is -0.580. The van der Waals surface area contributed by atoms with Crippen LogP contribution in [0.15, 0.2) is 28.7 Å². The molecule has 118 valence electrons. The van der Waals surface area contributed by atoms with E-state index in [2.05, 4.69) is 46.9 Å². The van der Waals surface area contributed by atoms with Crippen LogP contribution in [0, 0.1) is 5.92 Å². The van der Waals surface area contributed by atoms with Gasteiger partial charge in [-0.25, -0.2) is 0 Å². The highest BCUT2D eigenvalue weighted by Gasteiger charge is 2.25. The van der Waals surface area contributed by atoms with E-state index in [1.165, 1.54) is 6.42 Å². The Morgan fingerprint density at radius 3 is 2.95 bits per heavy atom. The van der Waals surface area contributed by atoms with Crippen LogP contribution in [-0.4, -0.2) is 43.2 Å². The number of rotatable bonds is 6. The van der Waals surface area contributed by atoms with E-state index in [-0.39, 0.29) is 0 Å². The first-order valence-electron chi connectivity index (χ1n) is 7.90. The van der Waals surface area contributed by atoms with Gasteiger partial charge in [-0.3, -0.25) is 4.90 Å². The Kier molecular flexibility index (Phi) is 6.52. The summed E-state index contributed by atoms with van der Waals surface area (Å²) >= 11 is 3.48. The van der Waals surface area contributed by atoms with Gasteiger partial charge in [-0.15, -0.1) is 0 Å². The summed E-state index contributed by atoms with van der Waals surface area (Å²) in [7, 11) is 0. The molecule has 1 aromatic rings. The molecule has 1 N–H and O–H groups in total. The number of hydrogen-bond donors (Lipinski definition) is 1. The summed E-state index contributed by atoms with van der Waals surface area (Å²) < 4.78 is 6.95. The quantitative estimate of drug-likeness (QED) is 0.845. The molecule has 4 heteroatoms. The average molecular weight is 355 g/mol. The van der Waals surface area contributed by atoms with Crippen molar-refractivity contribution in [1.29, 1.82) is 0 Å². The zero-order valence-corrected chi connectivity index (χ0v) is 14.9. The second kappa shape index (κ2) is 8.16. The minimum Gasteiger partial charge on any atom is -0.492 e. The molecule has 1 heterocycles. The van der Waals surface area contributed by atoms with E-state index >= 15 is 0 Å². The SMILES string of the molecule is CC(C)CC1CNC(C)CN1CCOc1cccc(Br)c1. The van der Waals surface area contributed by atoms with Crippen LogP contribution in [-0.2, 0) is 0 Å². The normalized spacial score (nSPS) is 23.5. The molecule has 21 heavy (non-hydrogen) atoms. The van der Waals surface area contributed by atoms with Gasteiger partial charge in [0.05, 0.1) is 0 Å². The molecule has 0 aliphatic carbocycles. The predicted molar refractivity (Wildman–Crippen MR) is 91.9 cm³/mol. The van der Waals surface area contributed by atoms with E-state index in [4.69, 9.17) is 4.74 Å². The highest BCUT2D eigenvalue weighted by molar-refractivity contribution is 9.10. The third-order valence-electron chi connectivity index (χ3n) is 3.91. The summed E-state index contributed by atoms with van der Waals surface area (Å²) in [6, 6.07) is 9.26. The zero-order valence-electron chi connectivity index (χ0n) is 13.3. The second-order valence-corrected chi connectivity index (χ2v) is 7.31. The Labute approximate surface area is 137 Å². The van der Waals surface area contributed by atoms with Crippen molar-refractivity contribution in [3.8, 4) is 5.75 Å². The highest BCUT2D eigenvalue weighted by atomic mass is 79.9. The first-order valence-corrected chi connectivity index (χ1v) is 8.69. The molecule has 1 aliphatic rings. The number of hydrogen-bond acceptors (Lipinski definition) is 3. The molecule has 2 atom stereocenters. The van der Waals surface area contributed by atoms with Crippen molar-refractivity contribution in [1.82, 2.24) is 10.2 Å². The molecule has 0 spiro atoms. The fourth-order valence-electron chi connectivity index (χ4n) is 2.92. The van der Waals surface area contributed by atoms with Crippen molar-refractivity contribution in [2.45, 2.75) is 39.3 Å². The van der Waals surface area contributed by atoms with Gasteiger partial charge < -0.3 is 10.1 Å². The number of nitrogens with one attached hydrogen (secondary N) is 1. The van der Waals surface area contributed by atoms with Crippen molar-refractivity contribution in [3.63, 3.8) is 0 Å². The van der Waals surface area contributed by atoms with Gasteiger partial charge in [-0.2, -0.15) is 0 Å². The lowest BCUT2D eigenvalue weighted by Gasteiger charge is -2.40. The first kappa shape index (κ1) is 16.8. The Bertz CT molecular complexity index is 439. The molecule has 2 unspecified atom stereocenters. The van der Waals surface area contributed by atoms with Crippen LogP contribution >= 0.6 is 15.9 Å². The van der Waals surface area contributed by atoms with Crippen molar-refractivity contribution in [3.05, 3.63) is 28.7 Å². The lowest BCUT2D eigenvalue weighted by Crippen LogP contribution is -2.56. The fraction of sp³-hybridized carbons (Fsp3) is 0.647. The lowest BCUT2D eigenvalue weighted by molar-refractivity contribution is 0.1000. The number of benzene rings is 1. The fourth-order valence-corrected chi connectivity index (χ4v) is 3.30. The van der Waals surface area contributed by atoms with Crippen LogP contribution in [0.2, 0.25) is 0 Å². The average Bonchev–Trinajstić information content (AvgIpc) is 2.41. The van der Waals surface area contributed by atoms with E-state index in [1.54, 1.807) is 0 Å². The maximum Gasteiger partial charge on any atom is 0.120 e. The Morgan fingerprint density at radius 2 is 2.24 bits per heavy atom. The summed E-state index contributed by atoms with van der Waals surface area (Å²) in [6.07, 6.45) is 1.25. The maximum absolute atomic E-state index is 5.89. The van der Waals surface area contributed by atoms with Gasteiger partial charge in [0.25, 0.3) is 0 Å². The van der Waals surface area contributed by atoms with Crippen LogP contribution < -0.4 is 10.1 Å². The molecule has 3 nitrogen and oxygen atoms in total. The summed E-state index contributed by atoms with van der Waals surface area (Å²) in [5, 5.41) is 3.59. The van der Waals surface area contributed by atoms with Gasteiger partial charge in [0.15, 0.2) is 0 Å². The minimum absolute atomic E-state index is 0.569. The largest absolute Gasteiger partial charge is 0.492 e. The molecule has 2 rings (SSSR count). The highest BCUT2D eigenvalue weighted by Crippen LogP contribution is 2.19. The molecule has 0 amide bonds. The molecule has 0 aromatic heterocycles.